The highest BCUT2D eigenvalue weighted by Gasteiger charge is 2.28. The summed E-state index contributed by atoms with van der Waals surface area (Å²) in [5, 5.41) is 6.00. The van der Waals surface area contributed by atoms with Gasteiger partial charge in [0.1, 0.15) is 30.2 Å². The van der Waals surface area contributed by atoms with Gasteiger partial charge in [0.2, 0.25) is 0 Å². The fourth-order valence-electron chi connectivity index (χ4n) is 2.87. The molecule has 0 aliphatic heterocycles. The zero-order chi connectivity index (χ0) is 23.5. The van der Waals surface area contributed by atoms with Crippen molar-refractivity contribution in [2.24, 2.45) is 0 Å². The topological polar surface area (TPSA) is 123 Å². The number of rotatable bonds is 8. The predicted molar refractivity (Wildman–Crippen MR) is 114 cm³/mol. The van der Waals surface area contributed by atoms with Gasteiger partial charge in [-0.2, -0.15) is 0 Å². The van der Waals surface area contributed by atoms with Gasteiger partial charge >= 0.3 is 5.97 Å². The van der Waals surface area contributed by atoms with Crippen LogP contribution in [0.25, 0.3) is 11.3 Å². The third-order valence-electron chi connectivity index (χ3n) is 4.44. The van der Waals surface area contributed by atoms with Crippen LogP contribution in [0.5, 0.6) is 5.75 Å². The highest BCUT2D eigenvalue weighted by molar-refractivity contribution is 6.39. The van der Waals surface area contributed by atoms with Crippen molar-refractivity contribution in [3.8, 4) is 17.0 Å². The molecule has 1 heterocycles. The molecule has 8 nitrogen and oxygen atoms in total. The molecule has 1 aromatic heterocycles. The molecule has 0 radical (unpaired) electrons. The Morgan fingerprint density at radius 3 is 2.45 bits per heavy atom. The van der Waals surface area contributed by atoms with Gasteiger partial charge in [-0.15, -0.1) is 0 Å². The molecule has 33 heavy (non-hydrogen) atoms. The molecule has 12 heteroatoms. The smallest absolute Gasteiger partial charge is 0.344 e. The Labute approximate surface area is 196 Å². The van der Waals surface area contributed by atoms with Crippen LogP contribution in [-0.2, 0) is 10.7 Å². The summed E-state index contributed by atoms with van der Waals surface area (Å²) < 4.78 is 42.5. The summed E-state index contributed by atoms with van der Waals surface area (Å²) in [5.41, 5.74) is 0.00782. The van der Waals surface area contributed by atoms with Crippen LogP contribution < -0.4 is 9.91 Å². The van der Waals surface area contributed by atoms with E-state index in [0.29, 0.717) is 12.5 Å². The number of nitrogens with zero attached hydrogens (tertiary/aromatic N) is 1. The van der Waals surface area contributed by atoms with Gasteiger partial charge < -0.3 is 19.5 Å². The second-order valence-electron chi connectivity index (χ2n) is 6.74. The van der Waals surface area contributed by atoms with Crippen LogP contribution in [0.4, 0.5) is 14.5 Å². The molecular weight excluding hydrogens is 485 g/mol. The SMILES string of the molecule is Cc1onc(-c2c(Cl)cccc2Cl)c1C(=O)OCCOc1ccc(C(C)(F)F)cc1[NH+]=O.[OH-]. The number of hydrogen-bond acceptors (Lipinski definition) is 7. The van der Waals surface area contributed by atoms with E-state index in [1.54, 1.807) is 23.4 Å². The Balaban J connectivity index is 0.00000385. The Bertz CT molecular complexity index is 1140. The molecule has 2 N–H and O–H groups in total. The Kier molecular flexibility index (Phi) is 8.48. The van der Waals surface area contributed by atoms with E-state index in [-0.39, 0.29) is 62.8 Å². The van der Waals surface area contributed by atoms with Crippen LogP contribution in [0.1, 0.15) is 28.6 Å². The monoisotopic (exact) mass is 502 g/mol. The zero-order valence-electron chi connectivity index (χ0n) is 17.3. The first-order valence-corrected chi connectivity index (χ1v) is 10.00. The second kappa shape index (κ2) is 10.7. The number of halogens is 4. The van der Waals surface area contributed by atoms with Crippen molar-refractivity contribution in [3.05, 3.63) is 68.2 Å². The molecule has 0 saturated carbocycles. The van der Waals surface area contributed by atoms with Crippen molar-refractivity contribution < 1.29 is 38.2 Å². The van der Waals surface area contributed by atoms with Gasteiger partial charge in [-0.25, -0.2) is 13.6 Å². The number of alkyl halides is 2. The lowest BCUT2D eigenvalue weighted by atomic mass is 10.1. The number of carbonyl (C=O) groups is 1. The number of esters is 1. The highest BCUT2D eigenvalue weighted by atomic mass is 35.5. The zero-order valence-corrected chi connectivity index (χ0v) is 18.8. The van der Waals surface area contributed by atoms with Crippen LogP contribution in [0.15, 0.2) is 40.9 Å². The van der Waals surface area contributed by atoms with Crippen LogP contribution in [0.3, 0.4) is 0 Å². The Hall–Kier alpha value is -3.08. The predicted octanol–water partition coefficient (Wildman–Crippen LogP) is 4.61. The first-order valence-electron chi connectivity index (χ1n) is 9.24. The van der Waals surface area contributed by atoms with Crippen molar-refractivity contribution in [3.63, 3.8) is 0 Å². The number of hydrogen-bond donors (Lipinski definition) is 1. The van der Waals surface area contributed by atoms with Gasteiger partial charge in [0.05, 0.1) is 10.0 Å². The third-order valence-corrected chi connectivity index (χ3v) is 5.07. The maximum Gasteiger partial charge on any atom is 0.344 e. The molecule has 0 fully saturated rings. The average Bonchev–Trinajstić information content (AvgIpc) is 3.11. The van der Waals surface area contributed by atoms with Crippen molar-refractivity contribution >= 4 is 34.9 Å². The normalized spacial score (nSPS) is 11.0. The first-order chi connectivity index (χ1) is 15.1. The van der Waals surface area contributed by atoms with Gasteiger partial charge in [-0.3, -0.25) is 0 Å². The fourth-order valence-corrected chi connectivity index (χ4v) is 3.45. The van der Waals surface area contributed by atoms with Crippen LogP contribution in [0.2, 0.25) is 10.0 Å². The van der Waals surface area contributed by atoms with Gasteiger partial charge in [-0.1, -0.05) is 34.4 Å². The maximum atomic E-state index is 13.4. The minimum atomic E-state index is -3.11. The molecule has 0 aliphatic carbocycles. The number of aromatic nitrogens is 1. The number of carbonyl (C=O) groups excluding carboxylic acids is 1. The van der Waals surface area contributed by atoms with Gasteiger partial charge in [0.25, 0.3) is 11.6 Å². The summed E-state index contributed by atoms with van der Waals surface area (Å²) in [7, 11) is 0. The standard InChI is InChI=1S/C21H16Cl2F2N2O5.H2O/c1-11-17(19(27-32-11)18-13(22)4-3-5-14(18)23)20(28)31-9-8-30-16-7-6-12(21(2,24)25)10-15(16)26-29;/h3-7,10H,8-9H2,1-2H3;1H2. The van der Waals surface area contributed by atoms with Crippen molar-refractivity contribution in [2.75, 3.05) is 13.2 Å². The van der Waals surface area contributed by atoms with E-state index >= 15 is 0 Å². The van der Waals surface area contributed by atoms with E-state index in [4.69, 9.17) is 37.2 Å². The van der Waals surface area contributed by atoms with E-state index in [1.807, 2.05) is 0 Å². The van der Waals surface area contributed by atoms with Gasteiger partial charge in [0.15, 0.2) is 5.75 Å². The summed E-state index contributed by atoms with van der Waals surface area (Å²) in [5.74, 6) is -3.62. The number of benzene rings is 2. The third kappa shape index (κ3) is 5.84. The van der Waals surface area contributed by atoms with Crippen molar-refractivity contribution in [1.82, 2.24) is 5.16 Å². The number of nitrogens with one attached hydrogen (secondary N) is 1. The molecule has 3 aromatic rings. The number of ether oxygens (including phenoxy) is 2. The molecule has 3 rings (SSSR count). The van der Waals surface area contributed by atoms with E-state index in [9.17, 15) is 18.5 Å². The Morgan fingerprint density at radius 2 is 1.85 bits per heavy atom. The van der Waals surface area contributed by atoms with E-state index in [2.05, 4.69) is 5.16 Å². The molecule has 0 unspecified atom stereocenters. The summed E-state index contributed by atoms with van der Waals surface area (Å²) >= 11 is 12.4. The van der Waals surface area contributed by atoms with Crippen LogP contribution in [-0.4, -0.2) is 29.8 Å². The largest absolute Gasteiger partial charge is 0.870 e. The average molecular weight is 503 g/mol. The summed E-state index contributed by atoms with van der Waals surface area (Å²) in [6.45, 7) is 1.90. The van der Waals surface area contributed by atoms with Crippen LogP contribution in [0, 0.1) is 11.8 Å². The van der Waals surface area contributed by atoms with E-state index < -0.39 is 11.9 Å². The van der Waals surface area contributed by atoms with Gasteiger partial charge in [0, 0.05) is 34.2 Å². The molecule has 2 aromatic carbocycles. The molecule has 176 valence electrons. The summed E-state index contributed by atoms with van der Waals surface area (Å²) in [4.78, 5) is 23.7. The molecular formula is C21H18Cl2F2N2O6. The fraction of sp³-hybridized carbons (Fsp3) is 0.238. The molecule has 0 bridgehead atoms. The van der Waals surface area contributed by atoms with Crippen molar-refractivity contribution in [1.29, 1.82) is 0 Å². The lowest BCUT2D eigenvalue weighted by Gasteiger charge is -2.11. The molecule has 0 amide bonds. The minimum Gasteiger partial charge on any atom is -0.870 e. The lowest BCUT2D eigenvalue weighted by molar-refractivity contribution is -0.380. The van der Waals surface area contributed by atoms with Gasteiger partial charge in [-0.05, 0) is 31.2 Å². The molecule has 0 aliphatic rings. The first kappa shape index (κ1) is 26.2. The second-order valence-corrected chi connectivity index (χ2v) is 7.56. The van der Waals surface area contributed by atoms with Crippen LogP contribution >= 0.6 is 23.2 Å². The summed E-state index contributed by atoms with van der Waals surface area (Å²) in [6.07, 6.45) is 0. The number of aryl methyl sites for hydroxylation is 1. The quantitative estimate of drug-likeness (QED) is 0.352. The molecule has 0 atom stereocenters. The Morgan fingerprint density at radius 1 is 1.18 bits per heavy atom. The summed E-state index contributed by atoms with van der Waals surface area (Å²) in [6, 6.07) is 8.21. The minimum absolute atomic E-state index is 0. The molecule has 0 saturated heterocycles. The highest BCUT2D eigenvalue weighted by Crippen LogP contribution is 2.37. The van der Waals surface area contributed by atoms with Crippen molar-refractivity contribution in [2.45, 2.75) is 19.8 Å². The molecule has 0 spiro atoms. The lowest BCUT2D eigenvalue weighted by Crippen LogP contribution is -2.56. The van der Waals surface area contributed by atoms with E-state index in [1.165, 1.54) is 13.0 Å². The maximum absolute atomic E-state index is 13.4. The number of nitroso groups, excluding NO2 is 1. The van der Waals surface area contributed by atoms with E-state index in [0.717, 1.165) is 12.1 Å².